The minimum absolute atomic E-state index is 0.0302. The highest BCUT2D eigenvalue weighted by Crippen LogP contribution is 2.44. The van der Waals surface area contributed by atoms with Gasteiger partial charge in [-0.25, -0.2) is 9.59 Å². The van der Waals surface area contributed by atoms with Crippen molar-refractivity contribution in [1.29, 1.82) is 0 Å². The number of carbonyl (C=O) groups is 3. The standard InChI is InChI=1S/C27H26N2O6/c1-16(12-25(31)29-17-10-11-24(30)22(13-17)26(32)33)14-28-27(34)35-15-23-20-8-4-2-6-18(20)19-7-3-5-9-21(19)23/h2-11,13,16,23,30H,12,14-15H2,1H3,(H,28,34)(H,29,31)(H,32,33). The van der Waals surface area contributed by atoms with Crippen LogP contribution in [0.4, 0.5) is 10.5 Å². The summed E-state index contributed by atoms with van der Waals surface area (Å²) < 4.78 is 5.51. The largest absolute Gasteiger partial charge is 0.507 e. The van der Waals surface area contributed by atoms with E-state index in [-0.39, 0.29) is 54.3 Å². The van der Waals surface area contributed by atoms with E-state index in [2.05, 4.69) is 34.9 Å². The van der Waals surface area contributed by atoms with Crippen molar-refractivity contribution in [3.05, 3.63) is 83.4 Å². The van der Waals surface area contributed by atoms with Gasteiger partial charge in [0.05, 0.1) is 0 Å². The van der Waals surface area contributed by atoms with Crippen molar-refractivity contribution in [2.45, 2.75) is 19.3 Å². The monoisotopic (exact) mass is 474 g/mol. The SMILES string of the molecule is CC(CNC(=O)OCC1c2ccccc2-c2ccccc21)CC(=O)Nc1ccc(O)c(C(=O)O)c1. The van der Waals surface area contributed by atoms with E-state index < -0.39 is 12.1 Å². The van der Waals surface area contributed by atoms with Gasteiger partial charge in [0.15, 0.2) is 0 Å². The lowest BCUT2D eigenvalue weighted by Crippen LogP contribution is -2.31. The topological polar surface area (TPSA) is 125 Å². The number of rotatable bonds is 8. The Hall–Kier alpha value is -4.33. The number of nitrogens with one attached hydrogen (secondary N) is 2. The molecule has 0 aliphatic heterocycles. The van der Waals surface area contributed by atoms with Gasteiger partial charge < -0.3 is 25.6 Å². The highest BCUT2D eigenvalue weighted by atomic mass is 16.5. The lowest BCUT2D eigenvalue weighted by atomic mass is 9.98. The zero-order valence-corrected chi connectivity index (χ0v) is 19.2. The Balaban J connectivity index is 1.25. The molecule has 3 aromatic carbocycles. The van der Waals surface area contributed by atoms with Gasteiger partial charge in [0, 0.05) is 24.6 Å². The van der Waals surface area contributed by atoms with Crippen LogP contribution in [0.15, 0.2) is 66.7 Å². The second-order valence-corrected chi connectivity index (χ2v) is 8.60. The predicted octanol–water partition coefficient (Wildman–Crippen LogP) is 4.59. The van der Waals surface area contributed by atoms with Crippen molar-refractivity contribution < 1.29 is 29.3 Å². The third-order valence-corrected chi connectivity index (χ3v) is 5.98. The summed E-state index contributed by atoms with van der Waals surface area (Å²) in [6, 6.07) is 20.0. The molecule has 3 aromatic rings. The molecule has 2 amide bonds. The number of aromatic carboxylic acids is 1. The Morgan fingerprint density at radius 1 is 0.971 bits per heavy atom. The predicted molar refractivity (Wildman–Crippen MR) is 131 cm³/mol. The maximum Gasteiger partial charge on any atom is 0.407 e. The Kier molecular flexibility index (Phi) is 7.01. The molecule has 8 nitrogen and oxygen atoms in total. The molecule has 0 bridgehead atoms. The molecule has 0 heterocycles. The zero-order chi connectivity index (χ0) is 24.9. The van der Waals surface area contributed by atoms with Gasteiger partial charge in [-0.3, -0.25) is 4.79 Å². The summed E-state index contributed by atoms with van der Waals surface area (Å²) in [4.78, 5) is 35.7. The van der Waals surface area contributed by atoms with Crippen LogP contribution in [0.25, 0.3) is 11.1 Å². The molecule has 35 heavy (non-hydrogen) atoms. The summed E-state index contributed by atoms with van der Waals surface area (Å²) >= 11 is 0. The molecule has 1 aliphatic carbocycles. The quantitative estimate of drug-likeness (QED) is 0.354. The van der Waals surface area contributed by atoms with E-state index in [4.69, 9.17) is 9.84 Å². The number of carboxylic acids is 1. The molecule has 0 radical (unpaired) electrons. The third-order valence-electron chi connectivity index (χ3n) is 5.98. The second-order valence-electron chi connectivity index (χ2n) is 8.60. The van der Waals surface area contributed by atoms with E-state index in [0.717, 1.165) is 22.3 Å². The fraction of sp³-hybridized carbons (Fsp3) is 0.222. The number of ether oxygens (including phenoxy) is 1. The molecule has 8 heteroatoms. The minimum Gasteiger partial charge on any atom is -0.507 e. The van der Waals surface area contributed by atoms with Gasteiger partial charge in [-0.05, 0) is 46.4 Å². The Morgan fingerprint density at radius 3 is 2.23 bits per heavy atom. The number of carboxylic acid groups (broad SMARTS) is 1. The molecule has 0 saturated carbocycles. The molecule has 0 fully saturated rings. The summed E-state index contributed by atoms with van der Waals surface area (Å²) in [5, 5.41) is 24.0. The van der Waals surface area contributed by atoms with Crippen molar-refractivity contribution in [3.63, 3.8) is 0 Å². The van der Waals surface area contributed by atoms with Gasteiger partial charge in [-0.1, -0.05) is 55.5 Å². The highest BCUT2D eigenvalue weighted by Gasteiger charge is 2.29. The molecular weight excluding hydrogens is 448 g/mol. The van der Waals surface area contributed by atoms with E-state index in [1.807, 2.05) is 31.2 Å². The van der Waals surface area contributed by atoms with E-state index >= 15 is 0 Å². The lowest BCUT2D eigenvalue weighted by molar-refractivity contribution is -0.116. The number of hydrogen-bond donors (Lipinski definition) is 4. The van der Waals surface area contributed by atoms with E-state index in [1.165, 1.54) is 18.2 Å². The Morgan fingerprint density at radius 2 is 1.60 bits per heavy atom. The fourth-order valence-corrected chi connectivity index (χ4v) is 4.29. The number of fused-ring (bicyclic) bond motifs is 3. The third kappa shape index (κ3) is 5.43. The maximum absolute atomic E-state index is 12.3. The molecule has 0 saturated heterocycles. The smallest absolute Gasteiger partial charge is 0.407 e. The van der Waals surface area contributed by atoms with E-state index in [9.17, 15) is 19.5 Å². The van der Waals surface area contributed by atoms with Gasteiger partial charge in [0.1, 0.15) is 17.9 Å². The number of phenols is 1. The van der Waals surface area contributed by atoms with Crippen LogP contribution in [0.3, 0.4) is 0 Å². The maximum atomic E-state index is 12.3. The fourth-order valence-electron chi connectivity index (χ4n) is 4.29. The summed E-state index contributed by atoms with van der Waals surface area (Å²) in [6.07, 6.45) is -0.448. The molecule has 1 atom stereocenters. The average Bonchev–Trinajstić information content (AvgIpc) is 3.16. The number of alkyl carbamates (subject to hydrolysis) is 1. The summed E-state index contributed by atoms with van der Waals surface area (Å²) in [5.41, 5.74) is 4.54. The number of benzene rings is 3. The van der Waals surface area contributed by atoms with Gasteiger partial charge in [0.25, 0.3) is 0 Å². The van der Waals surface area contributed by atoms with Crippen molar-refractivity contribution >= 4 is 23.7 Å². The second kappa shape index (κ2) is 10.3. The Labute approximate surface area is 202 Å². The molecule has 4 rings (SSSR count). The van der Waals surface area contributed by atoms with Crippen LogP contribution in [-0.4, -0.2) is 41.3 Å². The van der Waals surface area contributed by atoms with Crippen LogP contribution in [0, 0.1) is 5.92 Å². The van der Waals surface area contributed by atoms with Crippen LogP contribution in [0.5, 0.6) is 5.75 Å². The molecule has 0 spiro atoms. The summed E-state index contributed by atoms with van der Waals surface area (Å²) in [6.45, 7) is 2.25. The first kappa shape index (κ1) is 23.8. The zero-order valence-electron chi connectivity index (χ0n) is 19.2. The Bertz CT molecular complexity index is 1230. The van der Waals surface area contributed by atoms with Crippen molar-refractivity contribution in [2.24, 2.45) is 5.92 Å². The first-order chi connectivity index (χ1) is 16.8. The van der Waals surface area contributed by atoms with Crippen molar-refractivity contribution in [3.8, 4) is 16.9 Å². The number of hydrogen-bond acceptors (Lipinski definition) is 5. The van der Waals surface area contributed by atoms with Crippen LogP contribution in [-0.2, 0) is 9.53 Å². The van der Waals surface area contributed by atoms with Gasteiger partial charge in [-0.2, -0.15) is 0 Å². The molecular formula is C27H26N2O6. The number of carbonyl (C=O) groups excluding carboxylic acids is 2. The summed E-state index contributed by atoms with van der Waals surface area (Å²) in [7, 11) is 0. The highest BCUT2D eigenvalue weighted by molar-refractivity contribution is 5.95. The average molecular weight is 475 g/mol. The van der Waals surface area contributed by atoms with Crippen molar-refractivity contribution in [2.75, 3.05) is 18.5 Å². The van der Waals surface area contributed by atoms with Crippen LogP contribution < -0.4 is 10.6 Å². The first-order valence-electron chi connectivity index (χ1n) is 11.3. The number of anilines is 1. The van der Waals surface area contributed by atoms with Gasteiger partial charge in [-0.15, -0.1) is 0 Å². The van der Waals surface area contributed by atoms with Crippen molar-refractivity contribution in [1.82, 2.24) is 5.32 Å². The lowest BCUT2D eigenvalue weighted by Gasteiger charge is -2.16. The molecule has 4 N–H and O–H groups in total. The first-order valence-corrected chi connectivity index (χ1v) is 11.3. The normalized spacial score (nSPS) is 12.8. The van der Waals surface area contributed by atoms with E-state index in [0.29, 0.717) is 0 Å². The van der Waals surface area contributed by atoms with Gasteiger partial charge >= 0.3 is 12.1 Å². The molecule has 1 aliphatic rings. The van der Waals surface area contributed by atoms with Crippen LogP contribution in [0.2, 0.25) is 0 Å². The number of aromatic hydroxyl groups is 1. The number of amides is 2. The molecule has 0 aromatic heterocycles. The molecule has 1 unspecified atom stereocenters. The van der Waals surface area contributed by atoms with Crippen LogP contribution >= 0.6 is 0 Å². The van der Waals surface area contributed by atoms with E-state index in [1.54, 1.807) is 0 Å². The summed E-state index contributed by atoms with van der Waals surface area (Å²) in [5.74, 6) is -2.23. The van der Waals surface area contributed by atoms with Crippen LogP contribution in [0.1, 0.15) is 40.7 Å². The molecule has 180 valence electrons. The van der Waals surface area contributed by atoms with Gasteiger partial charge in [0.2, 0.25) is 5.91 Å². The minimum atomic E-state index is -1.29.